The monoisotopic (exact) mass is 485 g/mol. The number of hydrogen-bond donors (Lipinski definition) is 0. The van der Waals surface area contributed by atoms with Gasteiger partial charge < -0.3 is 14.2 Å². The molecule has 1 saturated heterocycles. The van der Waals surface area contributed by atoms with Crippen LogP contribution in [0.5, 0.6) is 0 Å². The van der Waals surface area contributed by atoms with Crippen molar-refractivity contribution in [3.8, 4) is 0 Å². The third-order valence-corrected chi connectivity index (χ3v) is 17.5. The van der Waals surface area contributed by atoms with Crippen molar-refractivity contribution in [3.63, 3.8) is 0 Å². The summed E-state index contributed by atoms with van der Waals surface area (Å²) in [6.45, 7) is 3.57. The maximum absolute atomic E-state index is 16.6. The van der Waals surface area contributed by atoms with Crippen LogP contribution in [0.4, 0.5) is 5.00 Å². The average molecular weight is 486 g/mol. The number of ether oxygens (including phenoxy) is 1. The van der Waals surface area contributed by atoms with Gasteiger partial charge in [0, 0.05) is 28.7 Å². The second-order valence-corrected chi connectivity index (χ2v) is 18.1. The number of morpholine rings is 1. The molecule has 1 aliphatic heterocycles. The minimum atomic E-state index is -2.60. The summed E-state index contributed by atoms with van der Waals surface area (Å²) in [6.07, 6.45) is 16.4. The standard InChI is InChI=1S/C28H40NO2PS/c30-32(25-1-6-33-26(25)29-2-4-31-5-3-29,27-13-19-7-20(14-27)9-21(8-19)15-27)28-16-22-10-23(17-28)12-24(11-22)18-28/h1,6,19-24H,2-5,7-18H2. The third kappa shape index (κ3) is 2.81. The van der Waals surface area contributed by atoms with E-state index in [-0.39, 0.29) is 10.3 Å². The maximum atomic E-state index is 16.6. The molecule has 10 rings (SSSR count). The fraction of sp³-hybridized carbons (Fsp3) is 0.857. The molecule has 0 aromatic carbocycles. The molecule has 0 atom stereocenters. The van der Waals surface area contributed by atoms with E-state index in [1.165, 1.54) is 87.4 Å². The first kappa shape index (κ1) is 20.8. The van der Waals surface area contributed by atoms with E-state index < -0.39 is 7.14 Å². The molecule has 1 aromatic heterocycles. The second-order valence-electron chi connectivity index (χ2n) is 13.6. The van der Waals surface area contributed by atoms with Crippen molar-refractivity contribution in [2.75, 3.05) is 31.2 Å². The van der Waals surface area contributed by atoms with Crippen LogP contribution in [0.2, 0.25) is 0 Å². The van der Waals surface area contributed by atoms with E-state index in [9.17, 15) is 0 Å². The highest BCUT2D eigenvalue weighted by Gasteiger charge is 2.69. The van der Waals surface area contributed by atoms with E-state index in [4.69, 9.17) is 4.74 Å². The molecule has 9 fully saturated rings. The molecular formula is C28H40NO2PS. The van der Waals surface area contributed by atoms with Gasteiger partial charge in [0.1, 0.15) is 12.1 Å². The van der Waals surface area contributed by atoms with Crippen molar-refractivity contribution < 1.29 is 9.30 Å². The Morgan fingerprint density at radius 1 is 0.758 bits per heavy atom. The minimum absolute atomic E-state index is 0.121. The van der Waals surface area contributed by atoms with Crippen LogP contribution in [-0.2, 0) is 9.30 Å². The Morgan fingerprint density at radius 3 is 1.61 bits per heavy atom. The Labute approximate surface area is 203 Å². The number of thiophene rings is 1. The molecule has 9 aliphatic rings. The van der Waals surface area contributed by atoms with Gasteiger partial charge in [0.2, 0.25) is 0 Å². The first-order valence-electron chi connectivity index (χ1n) is 14.1. The van der Waals surface area contributed by atoms with Gasteiger partial charge in [-0.15, -0.1) is 11.3 Å². The molecule has 0 radical (unpaired) electrons. The van der Waals surface area contributed by atoms with Crippen molar-refractivity contribution in [1.29, 1.82) is 0 Å². The molecule has 3 nitrogen and oxygen atoms in total. The van der Waals surface area contributed by atoms with E-state index in [2.05, 4.69) is 16.3 Å². The van der Waals surface area contributed by atoms with Crippen molar-refractivity contribution >= 4 is 28.8 Å². The topological polar surface area (TPSA) is 29.5 Å². The molecule has 180 valence electrons. The molecule has 0 N–H and O–H groups in total. The van der Waals surface area contributed by atoms with E-state index in [0.29, 0.717) is 0 Å². The zero-order valence-electron chi connectivity index (χ0n) is 20.1. The summed E-state index contributed by atoms with van der Waals surface area (Å²) in [6, 6.07) is 2.38. The summed E-state index contributed by atoms with van der Waals surface area (Å²) in [5.41, 5.74) is 0. The molecule has 2 heterocycles. The van der Waals surface area contributed by atoms with Gasteiger partial charge in [-0.2, -0.15) is 0 Å². The Bertz CT molecular complexity index is 875. The van der Waals surface area contributed by atoms with Crippen molar-refractivity contribution in [2.24, 2.45) is 35.5 Å². The first-order valence-corrected chi connectivity index (χ1v) is 16.7. The van der Waals surface area contributed by atoms with Gasteiger partial charge in [-0.05, 0) is 124 Å². The summed E-state index contributed by atoms with van der Waals surface area (Å²) in [4.78, 5) is 2.55. The summed E-state index contributed by atoms with van der Waals surface area (Å²) < 4.78 is 22.3. The highest BCUT2D eigenvalue weighted by Crippen LogP contribution is 2.83. The summed E-state index contributed by atoms with van der Waals surface area (Å²) in [5, 5.41) is 5.28. The van der Waals surface area contributed by atoms with Crippen LogP contribution in [0.25, 0.3) is 0 Å². The van der Waals surface area contributed by atoms with E-state index in [1.807, 2.05) is 11.3 Å². The van der Waals surface area contributed by atoms with E-state index in [1.54, 1.807) is 0 Å². The van der Waals surface area contributed by atoms with Crippen LogP contribution in [0.15, 0.2) is 11.4 Å². The highest BCUT2D eigenvalue weighted by molar-refractivity contribution is 7.75. The number of hydrogen-bond acceptors (Lipinski definition) is 4. The molecule has 0 unspecified atom stereocenters. The van der Waals surface area contributed by atoms with Crippen molar-refractivity contribution in [1.82, 2.24) is 0 Å². The molecule has 1 aromatic rings. The summed E-state index contributed by atoms with van der Waals surface area (Å²) in [7, 11) is -2.60. The van der Waals surface area contributed by atoms with Gasteiger partial charge in [-0.1, -0.05) is 0 Å². The fourth-order valence-corrected chi connectivity index (χ4v) is 18.8. The SMILES string of the molecule is O=P(c1ccsc1N1CCOCC1)(C12CC3CC(CC(C3)C1)C2)C12CC3CC(CC(C3)C1)C2. The molecule has 8 saturated carbocycles. The van der Waals surface area contributed by atoms with Gasteiger partial charge in [-0.25, -0.2) is 0 Å². The van der Waals surface area contributed by atoms with Crippen molar-refractivity contribution in [2.45, 2.75) is 87.4 Å². The van der Waals surface area contributed by atoms with Crippen molar-refractivity contribution in [3.05, 3.63) is 11.4 Å². The van der Waals surface area contributed by atoms with Crippen LogP contribution in [-0.4, -0.2) is 36.6 Å². The lowest BCUT2D eigenvalue weighted by molar-refractivity contribution is 0.0145. The van der Waals surface area contributed by atoms with Crippen LogP contribution >= 0.6 is 18.5 Å². The number of anilines is 1. The van der Waals surface area contributed by atoms with Crippen LogP contribution in [0.3, 0.4) is 0 Å². The largest absolute Gasteiger partial charge is 0.378 e. The minimum Gasteiger partial charge on any atom is -0.378 e. The zero-order valence-corrected chi connectivity index (χ0v) is 21.8. The van der Waals surface area contributed by atoms with Gasteiger partial charge in [0.05, 0.1) is 13.2 Å². The Kier molecular flexibility index (Phi) is 4.50. The molecule has 8 aliphatic carbocycles. The summed E-state index contributed by atoms with van der Waals surface area (Å²) >= 11 is 1.89. The molecule has 8 bridgehead atoms. The highest BCUT2D eigenvalue weighted by atomic mass is 32.1. The van der Waals surface area contributed by atoms with Crippen LogP contribution in [0.1, 0.15) is 77.0 Å². The quantitative estimate of drug-likeness (QED) is 0.455. The molecule has 5 heteroatoms. The molecule has 33 heavy (non-hydrogen) atoms. The first-order chi connectivity index (χ1) is 16.1. The lowest BCUT2D eigenvalue weighted by Crippen LogP contribution is -2.59. The van der Waals surface area contributed by atoms with Crippen LogP contribution < -0.4 is 10.2 Å². The van der Waals surface area contributed by atoms with Gasteiger partial charge in [-0.3, -0.25) is 0 Å². The summed E-state index contributed by atoms with van der Waals surface area (Å²) in [5.74, 6) is 5.19. The normalized spacial score (nSPS) is 49.5. The predicted octanol–water partition coefficient (Wildman–Crippen LogP) is 6.51. The van der Waals surface area contributed by atoms with Crippen LogP contribution in [0, 0.1) is 35.5 Å². The molecular weight excluding hydrogens is 445 g/mol. The van der Waals surface area contributed by atoms with E-state index in [0.717, 1.165) is 61.8 Å². The predicted molar refractivity (Wildman–Crippen MR) is 136 cm³/mol. The average Bonchev–Trinajstić information content (AvgIpc) is 3.27. The smallest absolute Gasteiger partial charge is 0.130 e. The second kappa shape index (κ2) is 7.13. The van der Waals surface area contributed by atoms with Gasteiger partial charge in [0.15, 0.2) is 0 Å². The zero-order chi connectivity index (χ0) is 21.8. The Morgan fingerprint density at radius 2 is 1.18 bits per heavy atom. The Hall–Kier alpha value is -0.310. The Balaban J connectivity index is 1.32. The molecule has 0 spiro atoms. The lowest BCUT2D eigenvalue weighted by Gasteiger charge is -2.66. The van der Waals surface area contributed by atoms with Gasteiger partial charge >= 0.3 is 0 Å². The van der Waals surface area contributed by atoms with E-state index >= 15 is 4.57 Å². The maximum Gasteiger partial charge on any atom is 0.130 e. The molecule has 0 amide bonds. The number of rotatable bonds is 4. The van der Waals surface area contributed by atoms with Gasteiger partial charge in [0.25, 0.3) is 0 Å². The lowest BCUT2D eigenvalue weighted by atomic mass is 9.55. The number of nitrogens with zero attached hydrogens (tertiary/aromatic N) is 1. The fourth-order valence-electron chi connectivity index (χ4n) is 11.5. The third-order valence-electron chi connectivity index (χ3n) is 11.6.